The van der Waals surface area contributed by atoms with Crippen LogP contribution >= 0.6 is 0 Å². The molecular weight excluding hydrogens is 194 g/mol. The fourth-order valence-electron chi connectivity index (χ4n) is 2.31. The van der Waals surface area contributed by atoms with Gasteiger partial charge in [-0.15, -0.1) is 0 Å². The summed E-state index contributed by atoms with van der Waals surface area (Å²) >= 11 is 0. The van der Waals surface area contributed by atoms with Crippen LogP contribution in [0.25, 0.3) is 10.9 Å². The number of benzene rings is 1. The summed E-state index contributed by atoms with van der Waals surface area (Å²) in [5, 5.41) is 1.41. The third-order valence-corrected chi connectivity index (χ3v) is 3.31. The molecule has 0 fully saturated rings. The van der Waals surface area contributed by atoms with Gasteiger partial charge < -0.3 is 4.98 Å². The molecule has 0 saturated heterocycles. The Balaban J connectivity index is 2.10. The number of rotatable bonds is 5. The average Bonchev–Trinajstić information content (AvgIpc) is 2.70. The van der Waals surface area contributed by atoms with Gasteiger partial charge in [-0.1, -0.05) is 44.4 Å². The van der Waals surface area contributed by atoms with Crippen molar-refractivity contribution in [2.24, 2.45) is 0 Å². The SMILES string of the molecule is CCCCCCc1c[nH]c2c(C)cccc12. The molecular formula is C15H21N. The molecule has 1 aromatic heterocycles. The minimum absolute atomic E-state index is 1.21. The van der Waals surface area contributed by atoms with Gasteiger partial charge in [0.1, 0.15) is 0 Å². The summed E-state index contributed by atoms with van der Waals surface area (Å²) in [6.07, 6.45) is 8.74. The van der Waals surface area contributed by atoms with Crippen molar-refractivity contribution in [1.82, 2.24) is 4.98 Å². The highest BCUT2D eigenvalue weighted by Gasteiger charge is 2.04. The Bertz CT molecular complexity index is 453. The zero-order valence-electron chi connectivity index (χ0n) is 10.3. The van der Waals surface area contributed by atoms with Crippen LogP contribution in [0, 0.1) is 6.92 Å². The van der Waals surface area contributed by atoms with Gasteiger partial charge in [-0.3, -0.25) is 0 Å². The molecule has 2 aromatic rings. The van der Waals surface area contributed by atoms with Crippen LogP contribution in [0.1, 0.15) is 43.7 Å². The predicted octanol–water partition coefficient (Wildman–Crippen LogP) is 4.60. The maximum Gasteiger partial charge on any atom is 0.0486 e. The molecule has 16 heavy (non-hydrogen) atoms. The minimum atomic E-state index is 1.21. The van der Waals surface area contributed by atoms with Crippen LogP contribution in [0.5, 0.6) is 0 Å². The molecule has 1 N–H and O–H groups in total. The van der Waals surface area contributed by atoms with E-state index in [9.17, 15) is 0 Å². The number of H-pyrrole nitrogens is 1. The van der Waals surface area contributed by atoms with Gasteiger partial charge in [-0.2, -0.15) is 0 Å². The van der Waals surface area contributed by atoms with E-state index in [2.05, 4.69) is 43.2 Å². The molecule has 1 nitrogen and oxygen atoms in total. The second kappa shape index (κ2) is 5.20. The molecule has 0 aliphatic carbocycles. The van der Waals surface area contributed by atoms with E-state index < -0.39 is 0 Å². The smallest absolute Gasteiger partial charge is 0.0486 e. The lowest BCUT2D eigenvalue weighted by Crippen LogP contribution is -1.84. The monoisotopic (exact) mass is 215 g/mol. The number of aromatic amines is 1. The summed E-state index contributed by atoms with van der Waals surface area (Å²) < 4.78 is 0. The van der Waals surface area contributed by atoms with Crippen LogP contribution in [0.15, 0.2) is 24.4 Å². The van der Waals surface area contributed by atoms with E-state index in [0.29, 0.717) is 0 Å². The maximum atomic E-state index is 3.40. The van der Waals surface area contributed by atoms with E-state index in [-0.39, 0.29) is 0 Å². The second-order valence-corrected chi connectivity index (χ2v) is 4.62. The van der Waals surface area contributed by atoms with Gasteiger partial charge in [0.2, 0.25) is 0 Å². The first-order valence-corrected chi connectivity index (χ1v) is 6.38. The second-order valence-electron chi connectivity index (χ2n) is 4.62. The van der Waals surface area contributed by atoms with Crippen molar-refractivity contribution >= 4 is 10.9 Å². The summed E-state index contributed by atoms with van der Waals surface area (Å²) in [7, 11) is 0. The molecule has 0 saturated carbocycles. The number of nitrogens with one attached hydrogen (secondary N) is 1. The van der Waals surface area contributed by atoms with Crippen molar-refractivity contribution in [3.8, 4) is 0 Å². The van der Waals surface area contributed by atoms with Crippen LogP contribution in [-0.2, 0) is 6.42 Å². The molecule has 0 aliphatic heterocycles. The topological polar surface area (TPSA) is 15.8 Å². The van der Waals surface area contributed by atoms with Gasteiger partial charge >= 0.3 is 0 Å². The van der Waals surface area contributed by atoms with Crippen LogP contribution in [0.4, 0.5) is 0 Å². The molecule has 0 aliphatic rings. The van der Waals surface area contributed by atoms with E-state index in [1.807, 2.05) is 0 Å². The van der Waals surface area contributed by atoms with Gasteiger partial charge in [0.15, 0.2) is 0 Å². The highest BCUT2D eigenvalue weighted by molar-refractivity contribution is 5.85. The molecule has 0 bridgehead atoms. The molecule has 2 rings (SSSR count). The first-order chi connectivity index (χ1) is 7.83. The Morgan fingerprint density at radius 1 is 1.12 bits per heavy atom. The normalized spacial score (nSPS) is 11.1. The first-order valence-electron chi connectivity index (χ1n) is 6.38. The number of aromatic nitrogens is 1. The molecule has 86 valence electrons. The third kappa shape index (κ3) is 2.29. The van der Waals surface area contributed by atoms with E-state index in [4.69, 9.17) is 0 Å². The molecule has 1 heterocycles. The van der Waals surface area contributed by atoms with Crippen LogP contribution in [-0.4, -0.2) is 4.98 Å². The lowest BCUT2D eigenvalue weighted by atomic mass is 10.0. The zero-order chi connectivity index (χ0) is 11.4. The number of para-hydroxylation sites is 1. The van der Waals surface area contributed by atoms with E-state index >= 15 is 0 Å². The van der Waals surface area contributed by atoms with Crippen molar-refractivity contribution in [2.45, 2.75) is 46.0 Å². The lowest BCUT2D eigenvalue weighted by Gasteiger charge is -2.00. The number of unbranched alkanes of at least 4 members (excludes halogenated alkanes) is 3. The molecule has 0 radical (unpaired) electrons. The van der Waals surface area contributed by atoms with Gasteiger partial charge in [-0.05, 0) is 30.9 Å². The number of hydrogen-bond donors (Lipinski definition) is 1. The van der Waals surface area contributed by atoms with Gasteiger partial charge in [0.25, 0.3) is 0 Å². The Hall–Kier alpha value is -1.24. The van der Waals surface area contributed by atoms with Crippen LogP contribution in [0.3, 0.4) is 0 Å². The fraction of sp³-hybridized carbons (Fsp3) is 0.467. The molecule has 0 spiro atoms. The molecule has 0 atom stereocenters. The van der Waals surface area contributed by atoms with Crippen molar-refractivity contribution in [3.05, 3.63) is 35.5 Å². The van der Waals surface area contributed by atoms with Crippen molar-refractivity contribution in [2.75, 3.05) is 0 Å². The quantitative estimate of drug-likeness (QED) is 0.702. The standard InChI is InChI=1S/C15H21N/c1-3-4-5-6-9-13-11-16-15-12(2)8-7-10-14(13)15/h7-8,10-11,16H,3-6,9H2,1-2H3. The van der Waals surface area contributed by atoms with Crippen LogP contribution in [0.2, 0.25) is 0 Å². The van der Waals surface area contributed by atoms with Gasteiger partial charge in [0, 0.05) is 17.1 Å². The summed E-state index contributed by atoms with van der Waals surface area (Å²) in [5.74, 6) is 0. The van der Waals surface area contributed by atoms with E-state index in [1.165, 1.54) is 54.1 Å². The fourth-order valence-corrected chi connectivity index (χ4v) is 2.31. The first kappa shape index (κ1) is 11.3. The van der Waals surface area contributed by atoms with E-state index in [1.54, 1.807) is 0 Å². The van der Waals surface area contributed by atoms with Gasteiger partial charge in [-0.25, -0.2) is 0 Å². The number of aryl methyl sites for hydroxylation is 2. The van der Waals surface area contributed by atoms with Gasteiger partial charge in [0.05, 0.1) is 0 Å². The molecule has 1 aromatic carbocycles. The predicted molar refractivity (Wildman–Crippen MR) is 70.9 cm³/mol. The Morgan fingerprint density at radius 3 is 2.81 bits per heavy atom. The highest BCUT2D eigenvalue weighted by atomic mass is 14.7. The summed E-state index contributed by atoms with van der Waals surface area (Å²) in [6, 6.07) is 6.55. The molecule has 0 unspecified atom stereocenters. The maximum absolute atomic E-state index is 3.40. The molecule has 1 heteroatoms. The number of fused-ring (bicyclic) bond motifs is 1. The molecule has 0 amide bonds. The Labute approximate surface area is 97.9 Å². The summed E-state index contributed by atoms with van der Waals surface area (Å²) in [5.41, 5.74) is 4.14. The third-order valence-electron chi connectivity index (χ3n) is 3.31. The largest absolute Gasteiger partial charge is 0.361 e. The van der Waals surface area contributed by atoms with Crippen LogP contribution < -0.4 is 0 Å². The van der Waals surface area contributed by atoms with Crippen molar-refractivity contribution in [1.29, 1.82) is 0 Å². The minimum Gasteiger partial charge on any atom is -0.361 e. The lowest BCUT2D eigenvalue weighted by molar-refractivity contribution is 0.668. The number of hydrogen-bond acceptors (Lipinski definition) is 0. The van der Waals surface area contributed by atoms with E-state index in [0.717, 1.165) is 0 Å². The summed E-state index contributed by atoms with van der Waals surface area (Å²) in [6.45, 7) is 4.43. The Morgan fingerprint density at radius 2 is 2.00 bits per heavy atom. The summed E-state index contributed by atoms with van der Waals surface area (Å²) in [4.78, 5) is 3.40. The zero-order valence-corrected chi connectivity index (χ0v) is 10.3. The average molecular weight is 215 g/mol. The highest BCUT2D eigenvalue weighted by Crippen LogP contribution is 2.22. The van der Waals surface area contributed by atoms with Crippen molar-refractivity contribution < 1.29 is 0 Å². The Kier molecular flexibility index (Phi) is 3.66. The van der Waals surface area contributed by atoms with Crippen molar-refractivity contribution in [3.63, 3.8) is 0 Å².